The first-order valence-corrected chi connectivity index (χ1v) is 6.52. The Balaban J connectivity index is 1.86. The van der Waals surface area contributed by atoms with E-state index in [-0.39, 0.29) is 0 Å². The molecule has 2 rings (SSSR count). The summed E-state index contributed by atoms with van der Waals surface area (Å²) < 4.78 is 0. The molecule has 1 saturated heterocycles. The van der Waals surface area contributed by atoms with Gasteiger partial charge in [-0.25, -0.2) is 4.98 Å². The highest BCUT2D eigenvalue weighted by atomic mass is 35.5. The molecular weight excluding hydrogens is 244 g/mol. The topological polar surface area (TPSA) is 60.7 Å². The zero-order chi connectivity index (χ0) is 11.4. The smallest absolute Gasteiger partial charge is 0.185 e. The molecule has 1 aliphatic heterocycles. The molecular formula is C10H13ClN4S. The van der Waals surface area contributed by atoms with Gasteiger partial charge < -0.3 is 10.6 Å². The molecule has 0 aliphatic carbocycles. The van der Waals surface area contributed by atoms with Crippen LogP contribution in [-0.4, -0.2) is 24.1 Å². The van der Waals surface area contributed by atoms with Crippen LogP contribution in [0.15, 0.2) is 0 Å². The van der Waals surface area contributed by atoms with Crippen LogP contribution in [0, 0.1) is 11.3 Å². The lowest BCUT2D eigenvalue weighted by Gasteiger charge is -2.23. The second kappa shape index (κ2) is 5.48. The Morgan fingerprint density at radius 1 is 1.62 bits per heavy atom. The number of hydrogen-bond acceptors (Lipinski definition) is 5. The number of halogens is 1. The third kappa shape index (κ3) is 2.85. The van der Waals surface area contributed by atoms with Crippen molar-refractivity contribution in [1.82, 2.24) is 10.3 Å². The van der Waals surface area contributed by atoms with E-state index in [1.807, 2.05) is 6.07 Å². The molecule has 86 valence electrons. The lowest BCUT2D eigenvalue weighted by Crippen LogP contribution is -2.39. The number of nitriles is 1. The van der Waals surface area contributed by atoms with Crippen LogP contribution < -0.4 is 10.6 Å². The number of rotatable bonds is 3. The minimum Gasteiger partial charge on any atom is -0.360 e. The Labute approximate surface area is 104 Å². The fourth-order valence-electron chi connectivity index (χ4n) is 1.75. The number of hydrogen-bond donors (Lipinski definition) is 2. The zero-order valence-corrected chi connectivity index (χ0v) is 10.4. The van der Waals surface area contributed by atoms with E-state index in [1.54, 1.807) is 0 Å². The van der Waals surface area contributed by atoms with Crippen LogP contribution in [0.4, 0.5) is 5.13 Å². The Morgan fingerprint density at radius 2 is 2.50 bits per heavy atom. The molecule has 0 radical (unpaired) electrons. The van der Waals surface area contributed by atoms with E-state index in [0.29, 0.717) is 16.1 Å². The highest BCUT2D eigenvalue weighted by molar-refractivity contribution is 7.16. The lowest BCUT2D eigenvalue weighted by molar-refractivity contribution is 0.414. The van der Waals surface area contributed by atoms with Crippen molar-refractivity contribution in [3.05, 3.63) is 10.0 Å². The third-order valence-corrected chi connectivity index (χ3v) is 3.90. The average molecular weight is 257 g/mol. The summed E-state index contributed by atoms with van der Waals surface area (Å²) in [6.45, 7) is 1.93. The first kappa shape index (κ1) is 11.6. The summed E-state index contributed by atoms with van der Waals surface area (Å²) in [6, 6.07) is 2.52. The van der Waals surface area contributed by atoms with Crippen molar-refractivity contribution in [2.45, 2.75) is 25.3 Å². The summed E-state index contributed by atoms with van der Waals surface area (Å²) in [4.78, 5) is 4.56. The third-order valence-electron chi connectivity index (χ3n) is 2.60. The quantitative estimate of drug-likeness (QED) is 0.871. The highest BCUT2D eigenvalue weighted by Crippen LogP contribution is 2.25. The summed E-state index contributed by atoms with van der Waals surface area (Å²) >= 11 is 7.09. The predicted octanol–water partition coefficient (Wildman–Crippen LogP) is 2.22. The molecule has 6 heteroatoms. The summed E-state index contributed by atoms with van der Waals surface area (Å²) in [7, 11) is 0. The van der Waals surface area contributed by atoms with Gasteiger partial charge in [0.1, 0.15) is 10.9 Å². The van der Waals surface area contributed by atoms with Gasteiger partial charge in [-0.3, -0.25) is 0 Å². The predicted molar refractivity (Wildman–Crippen MR) is 66.0 cm³/mol. The van der Waals surface area contributed by atoms with Gasteiger partial charge in [-0.1, -0.05) is 29.4 Å². The van der Waals surface area contributed by atoms with Crippen molar-refractivity contribution in [1.29, 1.82) is 5.26 Å². The number of aromatic nitrogens is 1. The molecule has 2 N–H and O–H groups in total. The van der Waals surface area contributed by atoms with Crippen molar-refractivity contribution < 1.29 is 0 Å². The Kier molecular flexibility index (Phi) is 3.99. The molecule has 1 unspecified atom stereocenters. The van der Waals surface area contributed by atoms with E-state index in [9.17, 15) is 0 Å². The number of thiazole rings is 1. The van der Waals surface area contributed by atoms with Crippen LogP contribution in [-0.2, 0) is 0 Å². The fourth-order valence-corrected chi connectivity index (χ4v) is 2.71. The highest BCUT2D eigenvalue weighted by Gasteiger charge is 2.13. The molecule has 0 bridgehead atoms. The fraction of sp³-hybridized carbons (Fsp3) is 0.600. The van der Waals surface area contributed by atoms with Crippen LogP contribution in [0.5, 0.6) is 0 Å². The molecule has 1 fully saturated rings. The summed E-state index contributed by atoms with van der Waals surface area (Å²) in [5.41, 5.74) is 0. The first-order valence-electron chi connectivity index (χ1n) is 5.33. The van der Waals surface area contributed by atoms with Gasteiger partial charge in [0.25, 0.3) is 0 Å². The molecule has 2 heterocycles. The number of anilines is 1. The van der Waals surface area contributed by atoms with Crippen LogP contribution >= 0.6 is 22.9 Å². The molecule has 4 nitrogen and oxygen atoms in total. The van der Waals surface area contributed by atoms with E-state index in [2.05, 4.69) is 15.6 Å². The van der Waals surface area contributed by atoms with Gasteiger partial charge in [0, 0.05) is 12.6 Å². The van der Waals surface area contributed by atoms with Gasteiger partial charge in [-0.15, -0.1) is 0 Å². The molecule has 1 aliphatic rings. The lowest BCUT2D eigenvalue weighted by atomic mass is 10.1. The van der Waals surface area contributed by atoms with Crippen LogP contribution in [0.2, 0.25) is 5.15 Å². The van der Waals surface area contributed by atoms with Crippen molar-refractivity contribution >= 4 is 28.1 Å². The Morgan fingerprint density at radius 3 is 3.12 bits per heavy atom. The molecule has 0 spiro atoms. The van der Waals surface area contributed by atoms with Gasteiger partial charge in [0.2, 0.25) is 0 Å². The number of piperidine rings is 1. The van der Waals surface area contributed by atoms with E-state index >= 15 is 0 Å². The van der Waals surface area contributed by atoms with Crippen molar-refractivity contribution in [2.24, 2.45) is 0 Å². The second-order valence-electron chi connectivity index (χ2n) is 3.78. The summed E-state index contributed by atoms with van der Waals surface area (Å²) in [5, 5.41) is 16.4. The average Bonchev–Trinajstić information content (AvgIpc) is 2.69. The maximum absolute atomic E-state index is 8.74. The van der Waals surface area contributed by atoms with E-state index in [4.69, 9.17) is 16.9 Å². The van der Waals surface area contributed by atoms with Gasteiger partial charge in [0.15, 0.2) is 10.3 Å². The molecule has 1 atom stereocenters. The number of nitrogens with one attached hydrogen (secondary N) is 2. The van der Waals surface area contributed by atoms with E-state index < -0.39 is 0 Å². The van der Waals surface area contributed by atoms with Crippen LogP contribution in [0.25, 0.3) is 0 Å². The van der Waals surface area contributed by atoms with E-state index in [0.717, 1.165) is 18.2 Å². The van der Waals surface area contributed by atoms with Crippen LogP contribution in [0.1, 0.15) is 24.1 Å². The van der Waals surface area contributed by atoms with Crippen molar-refractivity contribution in [2.75, 3.05) is 18.4 Å². The standard InChI is InChI=1S/C10H13ClN4S/c11-9-8(5-12)16-10(15-9)14-6-7-3-1-2-4-13-7/h7,13H,1-4,6H2,(H,14,15). The molecule has 1 aromatic rings. The second-order valence-corrected chi connectivity index (χ2v) is 5.14. The van der Waals surface area contributed by atoms with Gasteiger partial charge in [0.05, 0.1) is 0 Å². The van der Waals surface area contributed by atoms with Gasteiger partial charge in [-0.05, 0) is 19.4 Å². The number of nitrogens with zero attached hydrogens (tertiary/aromatic N) is 2. The molecule has 1 aromatic heterocycles. The van der Waals surface area contributed by atoms with Crippen molar-refractivity contribution in [3.63, 3.8) is 0 Å². The molecule has 0 aromatic carbocycles. The zero-order valence-electron chi connectivity index (χ0n) is 8.79. The molecule has 16 heavy (non-hydrogen) atoms. The minimum atomic E-state index is 0.298. The van der Waals surface area contributed by atoms with Crippen LogP contribution in [0.3, 0.4) is 0 Å². The van der Waals surface area contributed by atoms with E-state index in [1.165, 1.54) is 30.6 Å². The first-order chi connectivity index (χ1) is 7.79. The Hall–Kier alpha value is -0.830. The largest absolute Gasteiger partial charge is 0.360 e. The van der Waals surface area contributed by atoms with Crippen molar-refractivity contribution in [3.8, 4) is 6.07 Å². The maximum atomic E-state index is 8.74. The SMILES string of the molecule is N#Cc1sc(NCC2CCCCN2)nc1Cl. The maximum Gasteiger partial charge on any atom is 0.185 e. The Bertz CT molecular complexity index is 392. The molecule has 0 saturated carbocycles. The van der Waals surface area contributed by atoms with Gasteiger partial charge in [-0.2, -0.15) is 5.26 Å². The summed E-state index contributed by atoms with van der Waals surface area (Å²) in [6.07, 6.45) is 3.73. The normalized spacial score (nSPS) is 20.4. The summed E-state index contributed by atoms with van der Waals surface area (Å²) in [5.74, 6) is 0. The van der Waals surface area contributed by atoms with Gasteiger partial charge >= 0.3 is 0 Å². The molecule has 0 amide bonds. The minimum absolute atomic E-state index is 0.298. The monoisotopic (exact) mass is 256 g/mol.